The predicted octanol–water partition coefficient (Wildman–Crippen LogP) is 1.43. The van der Waals surface area contributed by atoms with Crippen LogP contribution in [-0.2, 0) is 9.53 Å². The van der Waals surface area contributed by atoms with Crippen molar-refractivity contribution in [2.24, 2.45) is 0 Å². The smallest absolute Gasteiger partial charge is 0.329 e. The first-order chi connectivity index (χ1) is 9.34. The average molecular weight is 282 g/mol. The number of carbonyl (C=O) groups is 1. The second kappa shape index (κ2) is 6.33. The SMILES string of the molecule is CNC(C)(COc1cc([N+](=O)[O-])ccc1C)C(=O)OC. The Kier molecular flexibility index (Phi) is 5.04. The van der Waals surface area contributed by atoms with Crippen LogP contribution in [0.25, 0.3) is 0 Å². The third kappa shape index (κ3) is 3.45. The molecule has 0 saturated carbocycles. The molecule has 1 N–H and O–H groups in total. The molecule has 0 aliphatic carbocycles. The first-order valence-corrected chi connectivity index (χ1v) is 5.99. The molecular weight excluding hydrogens is 264 g/mol. The van der Waals surface area contributed by atoms with Crippen molar-refractivity contribution in [1.29, 1.82) is 0 Å². The third-order valence-electron chi connectivity index (χ3n) is 3.09. The molecule has 0 fully saturated rings. The molecule has 1 unspecified atom stereocenters. The van der Waals surface area contributed by atoms with Gasteiger partial charge in [0, 0.05) is 6.07 Å². The third-order valence-corrected chi connectivity index (χ3v) is 3.09. The van der Waals surface area contributed by atoms with Gasteiger partial charge in [0.15, 0.2) is 0 Å². The Labute approximate surface area is 117 Å². The molecule has 0 radical (unpaired) electrons. The van der Waals surface area contributed by atoms with Crippen LogP contribution in [0.4, 0.5) is 5.69 Å². The van der Waals surface area contributed by atoms with Crippen LogP contribution in [0.5, 0.6) is 5.75 Å². The van der Waals surface area contributed by atoms with Crippen molar-refractivity contribution in [3.05, 3.63) is 33.9 Å². The Morgan fingerprint density at radius 3 is 2.65 bits per heavy atom. The van der Waals surface area contributed by atoms with Gasteiger partial charge in [-0.25, -0.2) is 4.79 Å². The van der Waals surface area contributed by atoms with E-state index in [4.69, 9.17) is 9.47 Å². The number of benzene rings is 1. The molecule has 0 aliphatic rings. The highest BCUT2D eigenvalue weighted by atomic mass is 16.6. The van der Waals surface area contributed by atoms with Crippen LogP contribution >= 0.6 is 0 Å². The lowest BCUT2D eigenvalue weighted by Crippen LogP contribution is -2.52. The normalized spacial score (nSPS) is 13.4. The van der Waals surface area contributed by atoms with E-state index in [-0.39, 0.29) is 12.3 Å². The number of carbonyl (C=O) groups excluding carboxylic acids is 1. The van der Waals surface area contributed by atoms with E-state index in [1.54, 1.807) is 27.0 Å². The lowest BCUT2D eigenvalue weighted by molar-refractivity contribution is -0.385. The molecule has 0 heterocycles. The van der Waals surface area contributed by atoms with Gasteiger partial charge in [0.25, 0.3) is 5.69 Å². The number of rotatable bonds is 6. The van der Waals surface area contributed by atoms with E-state index in [2.05, 4.69) is 5.32 Å². The summed E-state index contributed by atoms with van der Waals surface area (Å²) in [6.07, 6.45) is 0. The van der Waals surface area contributed by atoms with Crippen molar-refractivity contribution in [2.45, 2.75) is 19.4 Å². The Morgan fingerprint density at radius 1 is 1.50 bits per heavy atom. The average Bonchev–Trinajstić information content (AvgIpc) is 2.44. The van der Waals surface area contributed by atoms with Crippen molar-refractivity contribution in [3.8, 4) is 5.75 Å². The number of nitro groups is 1. The van der Waals surface area contributed by atoms with Gasteiger partial charge in [0.2, 0.25) is 0 Å². The number of nitrogens with zero attached hydrogens (tertiary/aromatic N) is 1. The summed E-state index contributed by atoms with van der Waals surface area (Å²) >= 11 is 0. The van der Waals surface area contributed by atoms with Crippen LogP contribution in [0.3, 0.4) is 0 Å². The van der Waals surface area contributed by atoms with Gasteiger partial charge in [0.1, 0.15) is 17.9 Å². The molecule has 0 aliphatic heterocycles. The Morgan fingerprint density at radius 2 is 2.15 bits per heavy atom. The number of nitro benzene ring substituents is 1. The number of esters is 1. The minimum absolute atomic E-state index is 0.00180. The fraction of sp³-hybridized carbons (Fsp3) is 0.462. The van der Waals surface area contributed by atoms with Crippen molar-refractivity contribution < 1.29 is 19.2 Å². The van der Waals surface area contributed by atoms with E-state index >= 15 is 0 Å². The Hall–Kier alpha value is -2.15. The largest absolute Gasteiger partial charge is 0.491 e. The second-order valence-corrected chi connectivity index (χ2v) is 4.57. The summed E-state index contributed by atoms with van der Waals surface area (Å²) in [5, 5.41) is 13.6. The van der Waals surface area contributed by atoms with Gasteiger partial charge in [-0.2, -0.15) is 0 Å². The molecular formula is C13H18N2O5. The first kappa shape index (κ1) is 15.9. The molecule has 0 saturated heterocycles. The lowest BCUT2D eigenvalue weighted by atomic mass is 10.0. The van der Waals surface area contributed by atoms with Gasteiger partial charge in [-0.3, -0.25) is 10.1 Å². The quantitative estimate of drug-likeness (QED) is 0.482. The summed E-state index contributed by atoms with van der Waals surface area (Å²) in [5.74, 6) is -0.104. The van der Waals surface area contributed by atoms with Crippen molar-refractivity contribution in [3.63, 3.8) is 0 Å². The van der Waals surface area contributed by atoms with Crippen LogP contribution in [0, 0.1) is 17.0 Å². The minimum atomic E-state index is -1.02. The molecule has 110 valence electrons. The fourth-order valence-electron chi connectivity index (χ4n) is 1.54. The standard InChI is InChI=1S/C13H18N2O5/c1-9-5-6-10(15(17)18)7-11(9)20-8-13(2,14-3)12(16)19-4/h5-7,14H,8H2,1-4H3. The van der Waals surface area contributed by atoms with Crippen LogP contribution in [0.1, 0.15) is 12.5 Å². The van der Waals surface area contributed by atoms with Gasteiger partial charge in [-0.15, -0.1) is 0 Å². The molecule has 0 amide bonds. The number of hydrogen-bond acceptors (Lipinski definition) is 6. The maximum absolute atomic E-state index is 11.7. The van der Waals surface area contributed by atoms with Crippen molar-refractivity contribution >= 4 is 11.7 Å². The highest BCUT2D eigenvalue weighted by molar-refractivity contribution is 5.80. The first-order valence-electron chi connectivity index (χ1n) is 5.99. The summed E-state index contributed by atoms with van der Waals surface area (Å²) in [6, 6.07) is 4.34. The topological polar surface area (TPSA) is 90.7 Å². The van der Waals surface area contributed by atoms with E-state index in [9.17, 15) is 14.9 Å². The van der Waals surface area contributed by atoms with Gasteiger partial charge in [-0.05, 0) is 32.5 Å². The minimum Gasteiger partial charge on any atom is -0.491 e. The molecule has 0 bridgehead atoms. The van der Waals surface area contributed by atoms with E-state index < -0.39 is 16.4 Å². The van der Waals surface area contributed by atoms with Crippen molar-refractivity contribution in [1.82, 2.24) is 5.32 Å². The molecule has 1 aromatic rings. The number of ether oxygens (including phenoxy) is 2. The monoisotopic (exact) mass is 282 g/mol. The number of non-ortho nitro benzene ring substituents is 1. The van der Waals surface area contributed by atoms with Gasteiger partial charge in [-0.1, -0.05) is 0 Å². The highest BCUT2D eigenvalue weighted by Gasteiger charge is 2.34. The van der Waals surface area contributed by atoms with Crippen LogP contribution < -0.4 is 10.1 Å². The number of hydrogen-bond donors (Lipinski definition) is 1. The number of nitrogens with one attached hydrogen (secondary N) is 1. The number of aryl methyl sites for hydroxylation is 1. The predicted molar refractivity (Wildman–Crippen MR) is 72.8 cm³/mol. The van der Waals surface area contributed by atoms with Crippen molar-refractivity contribution in [2.75, 3.05) is 20.8 Å². The molecule has 0 aromatic heterocycles. The van der Waals surface area contributed by atoms with Crippen LogP contribution in [0.15, 0.2) is 18.2 Å². The zero-order valence-corrected chi connectivity index (χ0v) is 11.9. The fourth-order valence-corrected chi connectivity index (χ4v) is 1.54. The zero-order chi connectivity index (χ0) is 15.3. The van der Waals surface area contributed by atoms with E-state index in [1.807, 2.05) is 0 Å². The van der Waals surface area contributed by atoms with E-state index in [0.29, 0.717) is 5.75 Å². The Bertz CT molecular complexity index is 517. The maximum Gasteiger partial charge on any atom is 0.329 e. The molecule has 1 aromatic carbocycles. The Balaban J connectivity index is 2.91. The number of likely N-dealkylation sites (N-methyl/N-ethyl adjacent to an activating group) is 1. The molecule has 20 heavy (non-hydrogen) atoms. The molecule has 1 rings (SSSR count). The highest BCUT2D eigenvalue weighted by Crippen LogP contribution is 2.25. The summed E-state index contributed by atoms with van der Waals surface area (Å²) in [7, 11) is 2.90. The molecule has 1 atom stereocenters. The van der Waals surface area contributed by atoms with Gasteiger partial charge in [0.05, 0.1) is 18.1 Å². The zero-order valence-electron chi connectivity index (χ0n) is 11.9. The lowest BCUT2D eigenvalue weighted by Gasteiger charge is -2.26. The number of methoxy groups -OCH3 is 1. The van der Waals surface area contributed by atoms with Crippen LogP contribution in [0.2, 0.25) is 0 Å². The second-order valence-electron chi connectivity index (χ2n) is 4.57. The van der Waals surface area contributed by atoms with E-state index in [1.165, 1.54) is 19.2 Å². The summed E-state index contributed by atoms with van der Waals surface area (Å²) in [4.78, 5) is 21.9. The molecule has 7 heteroatoms. The van der Waals surface area contributed by atoms with Gasteiger partial charge >= 0.3 is 5.97 Å². The summed E-state index contributed by atoms with van der Waals surface area (Å²) < 4.78 is 10.2. The molecule has 0 spiro atoms. The summed E-state index contributed by atoms with van der Waals surface area (Å²) in [5.41, 5.74) is -0.333. The van der Waals surface area contributed by atoms with E-state index in [0.717, 1.165) is 5.56 Å². The summed E-state index contributed by atoms with van der Waals surface area (Å²) in [6.45, 7) is 3.40. The maximum atomic E-state index is 11.7. The molecule has 7 nitrogen and oxygen atoms in total. The van der Waals surface area contributed by atoms with Crippen LogP contribution in [-0.4, -0.2) is 37.2 Å². The van der Waals surface area contributed by atoms with Gasteiger partial charge < -0.3 is 14.8 Å².